The van der Waals surface area contributed by atoms with Crippen LogP contribution < -0.4 is 4.90 Å². The van der Waals surface area contributed by atoms with Crippen molar-refractivity contribution < 1.29 is 0 Å². The zero-order valence-electron chi connectivity index (χ0n) is 34.4. The summed E-state index contributed by atoms with van der Waals surface area (Å²) in [4.78, 5) is 2.36. The van der Waals surface area contributed by atoms with Crippen molar-refractivity contribution in [3.63, 3.8) is 0 Å². The van der Waals surface area contributed by atoms with E-state index in [-0.39, 0.29) is 0 Å². The third-order valence-electron chi connectivity index (χ3n) is 12.4. The second-order valence-electron chi connectivity index (χ2n) is 16.1. The molecule has 2 nitrogen and oxygen atoms in total. The van der Waals surface area contributed by atoms with Crippen molar-refractivity contribution in [3.05, 3.63) is 243 Å². The summed E-state index contributed by atoms with van der Waals surface area (Å²) in [6, 6.07) is 88.3. The Morgan fingerprint density at radius 3 is 1.54 bits per heavy atom. The second kappa shape index (κ2) is 15.5. The predicted molar refractivity (Wildman–Crippen MR) is 270 cm³/mol. The SMILES string of the molecule is c1ccc(-c2ccc(N(c3ccc(-c4ccccc4)cc3)c3cccc(-c4cccc(-c5cccc6c5c5ccccc5n6-c5ccc6sc7ccccc7c6c5)c4)c3)cc2)cc1. The summed E-state index contributed by atoms with van der Waals surface area (Å²) in [6.07, 6.45) is 0. The van der Waals surface area contributed by atoms with Crippen molar-refractivity contribution in [3.8, 4) is 50.2 Å². The van der Waals surface area contributed by atoms with Crippen LogP contribution in [-0.2, 0) is 0 Å². The van der Waals surface area contributed by atoms with Crippen LogP contribution in [0.2, 0.25) is 0 Å². The van der Waals surface area contributed by atoms with Gasteiger partial charge in [-0.2, -0.15) is 0 Å². The minimum Gasteiger partial charge on any atom is -0.310 e. The molecule has 63 heavy (non-hydrogen) atoms. The number of benzene rings is 10. The van der Waals surface area contributed by atoms with Crippen LogP contribution in [-0.4, -0.2) is 4.57 Å². The van der Waals surface area contributed by atoms with Crippen LogP contribution in [0.1, 0.15) is 0 Å². The van der Waals surface area contributed by atoms with Gasteiger partial charge in [-0.1, -0.05) is 164 Å². The predicted octanol–water partition coefficient (Wildman–Crippen LogP) is 17.3. The van der Waals surface area contributed by atoms with Gasteiger partial charge in [0.25, 0.3) is 0 Å². The Bertz CT molecular complexity index is 3520. The van der Waals surface area contributed by atoms with Gasteiger partial charge in [0.15, 0.2) is 0 Å². The molecule has 10 aromatic carbocycles. The van der Waals surface area contributed by atoms with Crippen molar-refractivity contribution in [2.45, 2.75) is 0 Å². The third-order valence-corrected chi connectivity index (χ3v) is 13.5. The van der Waals surface area contributed by atoms with Gasteiger partial charge in [0.2, 0.25) is 0 Å². The molecule has 0 aliphatic carbocycles. The first-order valence-electron chi connectivity index (χ1n) is 21.5. The van der Waals surface area contributed by atoms with E-state index in [4.69, 9.17) is 0 Å². The molecule has 12 rings (SSSR count). The molecule has 0 fully saturated rings. The lowest BCUT2D eigenvalue weighted by molar-refractivity contribution is 1.19. The number of hydrogen-bond donors (Lipinski definition) is 0. The van der Waals surface area contributed by atoms with E-state index in [1.165, 1.54) is 86.6 Å². The molecule has 0 aliphatic rings. The lowest BCUT2D eigenvalue weighted by Crippen LogP contribution is -2.10. The Morgan fingerprint density at radius 2 is 0.825 bits per heavy atom. The van der Waals surface area contributed by atoms with Gasteiger partial charge in [0.1, 0.15) is 0 Å². The molecule has 12 aromatic rings. The summed E-state index contributed by atoms with van der Waals surface area (Å²) < 4.78 is 5.08. The highest BCUT2D eigenvalue weighted by Gasteiger charge is 2.19. The number of aromatic nitrogens is 1. The van der Waals surface area contributed by atoms with Gasteiger partial charge in [0.05, 0.1) is 11.0 Å². The first-order chi connectivity index (χ1) is 31.2. The largest absolute Gasteiger partial charge is 0.310 e. The molecule has 0 saturated carbocycles. The first-order valence-corrected chi connectivity index (χ1v) is 22.3. The van der Waals surface area contributed by atoms with E-state index in [1.54, 1.807) is 0 Å². The van der Waals surface area contributed by atoms with E-state index in [1.807, 2.05) is 11.3 Å². The highest BCUT2D eigenvalue weighted by atomic mass is 32.1. The average molecular weight is 821 g/mol. The zero-order chi connectivity index (χ0) is 41.7. The fraction of sp³-hybridized carbons (Fsp3) is 0. The minimum absolute atomic E-state index is 1.10. The minimum atomic E-state index is 1.10. The van der Waals surface area contributed by atoms with Crippen molar-refractivity contribution in [1.29, 1.82) is 0 Å². The van der Waals surface area contributed by atoms with E-state index in [2.05, 4.69) is 252 Å². The molecule has 296 valence electrons. The van der Waals surface area contributed by atoms with Crippen LogP contribution in [0.25, 0.3) is 92.2 Å². The van der Waals surface area contributed by atoms with Gasteiger partial charge in [-0.15, -0.1) is 11.3 Å². The molecule has 0 saturated heterocycles. The van der Waals surface area contributed by atoms with E-state index < -0.39 is 0 Å². The Balaban J connectivity index is 0.953. The summed E-state index contributed by atoms with van der Waals surface area (Å²) in [7, 11) is 0. The van der Waals surface area contributed by atoms with Gasteiger partial charge in [-0.3, -0.25) is 0 Å². The number of fused-ring (bicyclic) bond motifs is 6. The fourth-order valence-corrected chi connectivity index (χ4v) is 10.5. The number of thiophene rings is 1. The Morgan fingerprint density at radius 1 is 0.302 bits per heavy atom. The fourth-order valence-electron chi connectivity index (χ4n) is 9.40. The van der Waals surface area contributed by atoms with Crippen LogP contribution in [0.4, 0.5) is 17.1 Å². The maximum absolute atomic E-state index is 2.45. The quantitative estimate of drug-likeness (QED) is 0.148. The molecule has 0 amide bonds. The lowest BCUT2D eigenvalue weighted by atomic mass is 9.95. The monoisotopic (exact) mass is 820 g/mol. The van der Waals surface area contributed by atoms with Crippen LogP contribution in [0.3, 0.4) is 0 Å². The van der Waals surface area contributed by atoms with Gasteiger partial charge in [0, 0.05) is 53.7 Å². The first kappa shape index (κ1) is 36.8. The average Bonchev–Trinajstić information content (AvgIpc) is 3.91. The smallest absolute Gasteiger partial charge is 0.0547 e. The molecule has 0 bridgehead atoms. The number of nitrogens with zero attached hydrogens (tertiary/aromatic N) is 2. The summed E-state index contributed by atoms with van der Waals surface area (Å²) in [5, 5.41) is 5.13. The summed E-state index contributed by atoms with van der Waals surface area (Å²) in [5.74, 6) is 0. The maximum atomic E-state index is 2.45. The van der Waals surface area contributed by atoms with E-state index in [0.717, 1.165) is 22.6 Å². The highest BCUT2D eigenvalue weighted by molar-refractivity contribution is 7.25. The Hall–Kier alpha value is -7.98. The molecule has 0 aliphatic heterocycles. The second-order valence-corrected chi connectivity index (χ2v) is 17.2. The van der Waals surface area contributed by atoms with Gasteiger partial charge < -0.3 is 9.47 Å². The molecule has 0 atom stereocenters. The molecule has 0 N–H and O–H groups in total. The molecule has 2 heterocycles. The van der Waals surface area contributed by atoms with Gasteiger partial charge >= 0.3 is 0 Å². The molecular weight excluding hydrogens is 781 g/mol. The molecule has 0 spiro atoms. The van der Waals surface area contributed by atoms with Crippen LogP contribution in [0.5, 0.6) is 0 Å². The van der Waals surface area contributed by atoms with Crippen LogP contribution in [0, 0.1) is 0 Å². The number of para-hydroxylation sites is 1. The van der Waals surface area contributed by atoms with Gasteiger partial charge in [-0.05, 0) is 123 Å². The molecular formula is C60H40N2S. The lowest BCUT2D eigenvalue weighted by Gasteiger charge is -2.26. The summed E-state index contributed by atoms with van der Waals surface area (Å²) in [6.45, 7) is 0. The van der Waals surface area contributed by atoms with Crippen molar-refractivity contribution >= 4 is 70.4 Å². The van der Waals surface area contributed by atoms with Crippen molar-refractivity contribution in [1.82, 2.24) is 4.57 Å². The number of anilines is 3. The van der Waals surface area contributed by atoms with Crippen LogP contribution >= 0.6 is 11.3 Å². The molecule has 0 radical (unpaired) electrons. The Kier molecular flexibility index (Phi) is 9.06. The normalized spacial score (nSPS) is 11.5. The van der Waals surface area contributed by atoms with E-state index in [0.29, 0.717) is 0 Å². The maximum Gasteiger partial charge on any atom is 0.0547 e. The van der Waals surface area contributed by atoms with Gasteiger partial charge in [-0.25, -0.2) is 0 Å². The van der Waals surface area contributed by atoms with Crippen molar-refractivity contribution in [2.24, 2.45) is 0 Å². The van der Waals surface area contributed by atoms with Crippen molar-refractivity contribution in [2.75, 3.05) is 4.90 Å². The summed E-state index contributed by atoms with van der Waals surface area (Å²) >= 11 is 1.86. The topological polar surface area (TPSA) is 8.17 Å². The number of rotatable bonds is 8. The van der Waals surface area contributed by atoms with E-state index >= 15 is 0 Å². The summed E-state index contributed by atoms with van der Waals surface area (Å²) in [5.41, 5.74) is 16.4. The Labute approximate surface area is 370 Å². The van der Waals surface area contributed by atoms with E-state index in [9.17, 15) is 0 Å². The molecule has 3 heteroatoms. The highest BCUT2D eigenvalue weighted by Crippen LogP contribution is 2.43. The standard InChI is InChI=1S/C60H40N2S/c1-3-14-41(15-4-1)43-28-32-48(33-29-43)61(49-34-30-44(31-35-49)42-16-5-2-6-17-42)50-21-12-19-46(39-50)45-18-11-20-47(38-45)52-24-13-26-57-60(52)54-23-7-9-25-56(54)62(57)51-36-37-59-55(40-51)53-22-8-10-27-58(53)63-59/h1-40H. The zero-order valence-corrected chi connectivity index (χ0v) is 35.2. The third kappa shape index (κ3) is 6.58. The van der Waals surface area contributed by atoms with Crippen LogP contribution in [0.15, 0.2) is 243 Å². The molecule has 0 unspecified atom stereocenters. The molecule has 2 aromatic heterocycles. The number of hydrogen-bond acceptors (Lipinski definition) is 2.